The van der Waals surface area contributed by atoms with Gasteiger partial charge in [0.1, 0.15) is 5.25 Å². The molecule has 0 aliphatic carbocycles. The van der Waals surface area contributed by atoms with Crippen LogP contribution in [-0.4, -0.2) is 38.0 Å². The molecule has 0 radical (unpaired) electrons. The van der Waals surface area contributed by atoms with E-state index in [1.165, 1.54) is 11.8 Å². The lowest BCUT2D eigenvalue weighted by atomic mass is 10.4. The third-order valence-corrected chi connectivity index (χ3v) is 2.88. The average Bonchev–Trinajstić information content (AvgIpc) is 2.66. The van der Waals surface area contributed by atoms with Crippen LogP contribution in [0.5, 0.6) is 0 Å². The number of nitrogens with zero attached hydrogens (tertiary/aromatic N) is 4. The van der Waals surface area contributed by atoms with Crippen LogP contribution in [0.1, 0.15) is 33.7 Å². The molecule has 0 aromatic carbocycles. The molecule has 16 heavy (non-hydrogen) atoms. The number of carbonyl (C=O) groups is 1. The van der Waals surface area contributed by atoms with Crippen molar-refractivity contribution in [3.63, 3.8) is 0 Å². The Labute approximate surface area is 98.7 Å². The van der Waals surface area contributed by atoms with Gasteiger partial charge < -0.3 is 4.74 Å². The van der Waals surface area contributed by atoms with E-state index in [9.17, 15) is 4.79 Å². The maximum absolute atomic E-state index is 11.4. The van der Waals surface area contributed by atoms with Gasteiger partial charge in [-0.15, -0.1) is 5.10 Å². The van der Waals surface area contributed by atoms with Crippen LogP contribution in [0.2, 0.25) is 0 Å². The number of tetrazole rings is 1. The van der Waals surface area contributed by atoms with Crippen molar-refractivity contribution in [1.29, 1.82) is 0 Å². The summed E-state index contributed by atoms with van der Waals surface area (Å²) in [6.45, 7) is 7.92. The van der Waals surface area contributed by atoms with E-state index in [-0.39, 0.29) is 17.3 Å². The number of hydrogen-bond donors (Lipinski definition) is 0. The molecule has 0 aliphatic rings. The van der Waals surface area contributed by atoms with Gasteiger partial charge in [-0.25, -0.2) is 4.68 Å². The fraction of sp³-hybridized carbons (Fsp3) is 0.778. The standard InChI is InChI=1S/C9H16N4O2S/c1-5-15-8(14)7(4)16-9-10-11-12-13(9)6(2)3/h6-7H,5H2,1-4H3. The Kier molecular flexibility index (Phi) is 4.72. The van der Waals surface area contributed by atoms with Crippen molar-refractivity contribution >= 4 is 17.7 Å². The van der Waals surface area contributed by atoms with Gasteiger partial charge in [-0.1, -0.05) is 11.8 Å². The summed E-state index contributed by atoms with van der Waals surface area (Å²) in [4.78, 5) is 11.4. The van der Waals surface area contributed by atoms with Gasteiger partial charge >= 0.3 is 5.97 Å². The first-order valence-electron chi connectivity index (χ1n) is 5.17. The largest absolute Gasteiger partial charge is 0.465 e. The van der Waals surface area contributed by atoms with Gasteiger partial charge in [0.15, 0.2) is 0 Å². The monoisotopic (exact) mass is 244 g/mol. The SMILES string of the molecule is CCOC(=O)C(C)Sc1nnnn1C(C)C. The summed E-state index contributed by atoms with van der Waals surface area (Å²) >= 11 is 1.31. The molecule has 0 saturated heterocycles. The summed E-state index contributed by atoms with van der Waals surface area (Å²) in [6.07, 6.45) is 0. The summed E-state index contributed by atoms with van der Waals surface area (Å²) in [5.41, 5.74) is 0. The zero-order chi connectivity index (χ0) is 12.1. The molecule has 6 nitrogen and oxygen atoms in total. The van der Waals surface area contributed by atoms with Gasteiger partial charge in [0, 0.05) is 0 Å². The minimum atomic E-state index is -0.302. The first kappa shape index (κ1) is 13.0. The second kappa shape index (κ2) is 5.83. The number of hydrogen-bond acceptors (Lipinski definition) is 6. The van der Waals surface area contributed by atoms with Gasteiger partial charge in [0.05, 0.1) is 12.6 Å². The molecular weight excluding hydrogens is 228 g/mol. The van der Waals surface area contributed by atoms with Gasteiger partial charge in [0.2, 0.25) is 5.16 Å². The minimum Gasteiger partial charge on any atom is -0.465 e. The molecule has 1 aromatic rings. The maximum atomic E-state index is 11.4. The Hall–Kier alpha value is -1.11. The third-order valence-electron chi connectivity index (χ3n) is 1.85. The van der Waals surface area contributed by atoms with E-state index < -0.39 is 0 Å². The molecule has 1 unspecified atom stereocenters. The molecule has 1 rings (SSSR count). The summed E-state index contributed by atoms with van der Waals surface area (Å²) in [5.74, 6) is -0.245. The second-order valence-corrected chi connectivity index (χ2v) is 4.82. The van der Waals surface area contributed by atoms with Crippen LogP contribution in [0, 0.1) is 0 Å². The highest BCUT2D eigenvalue weighted by Gasteiger charge is 2.20. The van der Waals surface area contributed by atoms with E-state index in [0.717, 1.165) is 0 Å². The lowest BCUT2D eigenvalue weighted by molar-refractivity contribution is -0.142. The average molecular weight is 244 g/mol. The fourth-order valence-electron chi connectivity index (χ4n) is 1.05. The number of aromatic nitrogens is 4. The van der Waals surface area contributed by atoms with Crippen molar-refractivity contribution in [3.05, 3.63) is 0 Å². The van der Waals surface area contributed by atoms with Crippen molar-refractivity contribution in [1.82, 2.24) is 20.2 Å². The fourth-order valence-corrected chi connectivity index (χ4v) is 1.97. The van der Waals surface area contributed by atoms with E-state index >= 15 is 0 Å². The van der Waals surface area contributed by atoms with E-state index in [0.29, 0.717) is 11.8 Å². The highest BCUT2D eigenvalue weighted by Crippen LogP contribution is 2.22. The molecule has 0 N–H and O–H groups in total. The molecule has 0 bridgehead atoms. The number of rotatable bonds is 5. The highest BCUT2D eigenvalue weighted by atomic mass is 32.2. The number of ether oxygens (including phenoxy) is 1. The summed E-state index contributed by atoms with van der Waals surface area (Å²) in [5, 5.41) is 11.7. The Bertz CT molecular complexity index is 353. The van der Waals surface area contributed by atoms with Crippen molar-refractivity contribution in [2.45, 2.75) is 44.1 Å². The number of thioether (sulfide) groups is 1. The van der Waals surface area contributed by atoms with Gasteiger partial charge in [-0.3, -0.25) is 4.79 Å². The molecule has 0 amide bonds. The Morgan fingerprint density at radius 3 is 2.75 bits per heavy atom. The molecule has 1 aromatic heterocycles. The predicted octanol–water partition coefficient (Wildman–Crippen LogP) is 1.30. The normalized spacial score (nSPS) is 12.8. The highest BCUT2D eigenvalue weighted by molar-refractivity contribution is 8.00. The minimum absolute atomic E-state index is 0.173. The lowest BCUT2D eigenvalue weighted by Gasteiger charge is -2.11. The first-order valence-corrected chi connectivity index (χ1v) is 6.05. The van der Waals surface area contributed by atoms with Crippen LogP contribution in [0.25, 0.3) is 0 Å². The zero-order valence-corrected chi connectivity index (χ0v) is 10.7. The van der Waals surface area contributed by atoms with Crippen LogP contribution >= 0.6 is 11.8 Å². The van der Waals surface area contributed by atoms with Gasteiger partial charge in [-0.2, -0.15) is 0 Å². The van der Waals surface area contributed by atoms with Crippen LogP contribution in [0.3, 0.4) is 0 Å². The second-order valence-electron chi connectivity index (χ2n) is 3.51. The molecule has 0 saturated carbocycles. The molecule has 90 valence electrons. The van der Waals surface area contributed by atoms with Crippen LogP contribution < -0.4 is 0 Å². The molecule has 0 spiro atoms. The van der Waals surface area contributed by atoms with E-state index in [4.69, 9.17) is 4.74 Å². The van der Waals surface area contributed by atoms with E-state index in [1.807, 2.05) is 13.8 Å². The van der Waals surface area contributed by atoms with Crippen LogP contribution in [0.4, 0.5) is 0 Å². The van der Waals surface area contributed by atoms with Crippen molar-refractivity contribution in [3.8, 4) is 0 Å². The molecular formula is C9H16N4O2S. The predicted molar refractivity (Wildman–Crippen MR) is 60.2 cm³/mol. The van der Waals surface area contributed by atoms with Crippen LogP contribution in [-0.2, 0) is 9.53 Å². The molecule has 0 fully saturated rings. The number of carbonyl (C=O) groups excluding carboxylic acids is 1. The van der Waals surface area contributed by atoms with Gasteiger partial charge in [-0.05, 0) is 38.1 Å². The Balaban J connectivity index is 2.65. The summed E-state index contributed by atoms with van der Waals surface area (Å²) in [6, 6.07) is 0.173. The Morgan fingerprint density at radius 2 is 2.19 bits per heavy atom. The smallest absolute Gasteiger partial charge is 0.319 e. The maximum Gasteiger partial charge on any atom is 0.319 e. The van der Waals surface area contributed by atoms with Crippen molar-refractivity contribution in [2.75, 3.05) is 6.61 Å². The molecule has 0 aliphatic heterocycles. The topological polar surface area (TPSA) is 69.9 Å². The van der Waals surface area contributed by atoms with Crippen LogP contribution in [0.15, 0.2) is 5.16 Å². The number of esters is 1. The molecule has 1 heterocycles. The van der Waals surface area contributed by atoms with Gasteiger partial charge in [0.25, 0.3) is 0 Å². The molecule has 7 heteroatoms. The zero-order valence-electron chi connectivity index (χ0n) is 9.88. The van der Waals surface area contributed by atoms with E-state index in [2.05, 4.69) is 15.5 Å². The summed E-state index contributed by atoms with van der Waals surface area (Å²) in [7, 11) is 0. The van der Waals surface area contributed by atoms with Crippen molar-refractivity contribution < 1.29 is 9.53 Å². The van der Waals surface area contributed by atoms with E-state index in [1.54, 1.807) is 18.5 Å². The van der Waals surface area contributed by atoms with Crippen molar-refractivity contribution in [2.24, 2.45) is 0 Å². The third kappa shape index (κ3) is 3.19. The first-order chi connectivity index (χ1) is 7.56. The summed E-state index contributed by atoms with van der Waals surface area (Å²) < 4.78 is 6.60. The Morgan fingerprint density at radius 1 is 1.50 bits per heavy atom. The lowest BCUT2D eigenvalue weighted by Crippen LogP contribution is -2.18. The quantitative estimate of drug-likeness (QED) is 0.574. The molecule has 1 atom stereocenters.